The lowest BCUT2D eigenvalue weighted by Crippen LogP contribution is -2.01. The number of carbonyl (C=O) groups excluding carboxylic acids is 1. The van der Waals surface area contributed by atoms with Crippen molar-refractivity contribution in [3.8, 4) is 0 Å². The number of nitro benzene ring substituents is 1. The maximum absolute atomic E-state index is 11.2. The first kappa shape index (κ1) is 13.2. The van der Waals surface area contributed by atoms with Crippen LogP contribution >= 0.6 is 0 Å². The third kappa shape index (κ3) is 3.32. The van der Waals surface area contributed by atoms with E-state index in [9.17, 15) is 14.9 Å². The molecule has 1 rings (SSSR count). The van der Waals surface area contributed by atoms with Gasteiger partial charge in [-0.3, -0.25) is 10.1 Å². The molecule has 0 unspecified atom stereocenters. The molecule has 0 aliphatic carbocycles. The van der Waals surface area contributed by atoms with E-state index in [1.165, 1.54) is 30.3 Å². The first-order chi connectivity index (χ1) is 8.58. The van der Waals surface area contributed by atoms with Gasteiger partial charge in [-0.15, -0.1) is 0 Å². The van der Waals surface area contributed by atoms with Crippen LogP contribution in [0.4, 0.5) is 5.69 Å². The van der Waals surface area contributed by atoms with Crippen LogP contribution in [0.15, 0.2) is 35.1 Å². The van der Waals surface area contributed by atoms with E-state index in [1.54, 1.807) is 0 Å². The fourth-order valence-electron chi connectivity index (χ4n) is 1.13. The van der Waals surface area contributed by atoms with Crippen molar-refractivity contribution >= 4 is 17.7 Å². The molecular formula is C10H8N4O4. The van der Waals surface area contributed by atoms with Crippen molar-refractivity contribution < 1.29 is 14.5 Å². The summed E-state index contributed by atoms with van der Waals surface area (Å²) in [6.45, 7) is 0. The average Bonchev–Trinajstić information content (AvgIpc) is 2.38. The van der Waals surface area contributed by atoms with Gasteiger partial charge in [0.05, 0.1) is 12.0 Å². The van der Waals surface area contributed by atoms with Gasteiger partial charge in [-0.1, -0.05) is 5.11 Å². The number of ether oxygens (including phenoxy) is 1. The summed E-state index contributed by atoms with van der Waals surface area (Å²) in [4.78, 5) is 23.6. The number of benzene rings is 1. The molecule has 0 heterocycles. The van der Waals surface area contributed by atoms with Crippen LogP contribution in [-0.2, 0) is 9.53 Å². The van der Waals surface area contributed by atoms with Gasteiger partial charge in [-0.25, -0.2) is 4.79 Å². The molecule has 8 nitrogen and oxygen atoms in total. The number of methoxy groups -OCH3 is 1. The number of nitro groups is 1. The molecule has 0 radical (unpaired) electrons. The second kappa shape index (κ2) is 6.02. The number of esters is 1. The highest BCUT2D eigenvalue weighted by Gasteiger charge is 2.08. The minimum absolute atomic E-state index is 0.0736. The maximum atomic E-state index is 11.2. The van der Waals surface area contributed by atoms with Crippen molar-refractivity contribution in [1.82, 2.24) is 0 Å². The Morgan fingerprint density at radius 3 is 2.56 bits per heavy atom. The number of hydrogen-bond acceptors (Lipinski definition) is 5. The van der Waals surface area contributed by atoms with E-state index >= 15 is 0 Å². The summed E-state index contributed by atoms with van der Waals surface area (Å²) in [6.07, 6.45) is 1.27. The van der Waals surface area contributed by atoms with Gasteiger partial charge in [0.1, 0.15) is 5.70 Å². The highest BCUT2D eigenvalue weighted by Crippen LogP contribution is 2.15. The Kier molecular flexibility index (Phi) is 4.42. The quantitative estimate of drug-likeness (QED) is 0.154. The highest BCUT2D eigenvalue weighted by molar-refractivity contribution is 5.93. The van der Waals surface area contributed by atoms with E-state index in [-0.39, 0.29) is 11.4 Å². The monoisotopic (exact) mass is 248 g/mol. The molecule has 18 heavy (non-hydrogen) atoms. The zero-order valence-electron chi connectivity index (χ0n) is 9.31. The number of hydrogen-bond donors (Lipinski definition) is 0. The Balaban J connectivity index is 3.08. The Morgan fingerprint density at radius 2 is 2.11 bits per heavy atom. The molecule has 0 atom stereocenters. The topological polar surface area (TPSA) is 118 Å². The molecule has 0 fully saturated rings. The van der Waals surface area contributed by atoms with E-state index in [4.69, 9.17) is 5.53 Å². The number of carbonyl (C=O) groups is 1. The Labute approximate surface area is 101 Å². The van der Waals surface area contributed by atoms with Crippen molar-refractivity contribution in [2.45, 2.75) is 0 Å². The average molecular weight is 248 g/mol. The molecule has 0 spiro atoms. The predicted octanol–water partition coefficient (Wildman–Crippen LogP) is 2.42. The maximum Gasteiger partial charge on any atom is 0.340 e. The molecule has 0 aliphatic rings. The first-order valence-corrected chi connectivity index (χ1v) is 4.68. The zero-order chi connectivity index (χ0) is 13.5. The third-order valence-electron chi connectivity index (χ3n) is 1.95. The number of azide groups is 1. The van der Waals surface area contributed by atoms with E-state index in [2.05, 4.69) is 14.8 Å². The normalized spacial score (nSPS) is 10.4. The fraction of sp³-hybridized carbons (Fsp3) is 0.100. The van der Waals surface area contributed by atoms with Crippen molar-refractivity contribution in [3.05, 3.63) is 56.1 Å². The van der Waals surface area contributed by atoms with E-state index < -0.39 is 10.9 Å². The molecule has 0 amide bonds. The lowest BCUT2D eigenvalue weighted by atomic mass is 10.2. The summed E-state index contributed by atoms with van der Waals surface area (Å²) in [6, 6.07) is 5.40. The van der Waals surface area contributed by atoms with Crippen molar-refractivity contribution in [2.24, 2.45) is 5.11 Å². The van der Waals surface area contributed by atoms with Gasteiger partial charge in [0, 0.05) is 17.0 Å². The lowest BCUT2D eigenvalue weighted by molar-refractivity contribution is -0.384. The van der Waals surface area contributed by atoms with Crippen molar-refractivity contribution in [1.29, 1.82) is 0 Å². The summed E-state index contributed by atoms with van der Waals surface area (Å²) >= 11 is 0. The third-order valence-corrected chi connectivity index (χ3v) is 1.95. The number of non-ortho nitro benzene ring substituents is 1. The Hall–Kier alpha value is -2.86. The minimum Gasteiger partial charge on any atom is -0.466 e. The molecular weight excluding hydrogens is 240 g/mol. The Morgan fingerprint density at radius 1 is 1.50 bits per heavy atom. The van der Waals surface area contributed by atoms with Crippen LogP contribution in [0.3, 0.4) is 0 Å². The zero-order valence-corrected chi connectivity index (χ0v) is 9.31. The molecule has 0 aliphatic heterocycles. The molecule has 0 aromatic heterocycles. The van der Waals surface area contributed by atoms with Crippen LogP contribution in [0.25, 0.3) is 16.5 Å². The van der Waals surface area contributed by atoms with E-state index in [0.29, 0.717) is 5.56 Å². The summed E-state index contributed by atoms with van der Waals surface area (Å²) in [5, 5.41) is 13.6. The molecule has 1 aromatic rings. The molecule has 92 valence electrons. The van der Waals surface area contributed by atoms with Gasteiger partial charge in [0.25, 0.3) is 5.69 Å². The van der Waals surface area contributed by atoms with Gasteiger partial charge < -0.3 is 4.74 Å². The van der Waals surface area contributed by atoms with Crippen LogP contribution in [-0.4, -0.2) is 18.0 Å². The smallest absolute Gasteiger partial charge is 0.340 e. The summed E-state index contributed by atoms with van der Waals surface area (Å²) in [7, 11) is 1.15. The van der Waals surface area contributed by atoms with Crippen molar-refractivity contribution in [3.63, 3.8) is 0 Å². The Bertz CT molecular complexity index is 544. The van der Waals surface area contributed by atoms with E-state index in [1.807, 2.05) is 0 Å². The molecule has 0 saturated carbocycles. The number of nitrogens with zero attached hydrogens (tertiary/aromatic N) is 4. The van der Waals surface area contributed by atoms with Crippen LogP contribution in [0.5, 0.6) is 0 Å². The van der Waals surface area contributed by atoms with Gasteiger partial charge in [-0.05, 0) is 29.3 Å². The van der Waals surface area contributed by atoms with Crippen LogP contribution in [0, 0.1) is 10.1 Å². The van der Waals surface area contributed by atoms with Crippen LogP contribution < -0.4 is 0 Å². The standard InChI is InChI=1S/C10H8N4O4/c1-18-10(15)9(12-13-11)6-7-2-4-8(5-3-7)14(16)17/h2-6H,1H3. The molecule has 0 saturated heterocycles. The van der Waals surface area contributed by atoms with Gasteiger partial charge in [0.2, 0.25) is 0 Å². The van der Waals surface area contributed by atoms with Gasteiger partial charge in [-0.2, -0.15) is 0 Å². The number of rotatable bonds is 4. The lowest BCUT2D eigenvalue weighted by Gasteiger charge is -1.98. The summed E-state index contributed by atoms with van der Waals surface area (Å²) < 4.78 is 4.42. The second-order valence-corrected chi connectivity index (χ2v) is 3.06. The molecule has 1 aromatic carbocycles. The molecule has 0 N–H and O–H groups in total. The van der Waals surface area contributed by atoms with Crippen molar-refractivity contribution in [2.75, 3.05) is 7.11 Å². The molecule has 8 heteroatoms. The SMILES string of the molecule is COC(=O)C(=Cc1ccc([N+](=O)[O-])cc1)N=[N+]=[N-]. The summed E-state index contributed by atoms with van der Waals surface area (Å²) in [5.41, 5.74) is 8.47. The highest BCUT2D eigenvalue weighted by atomic mass is 16.6. The van der Waals surface area contributed by atoms with Gasteiger partial charge >= 0.3 is 5.97 Å². The van der Waals surface area contributed by atoms with Crippen LogP contribution in [0.2, 0.25) is 0 Å². The fourth-order valence-corrected chi connectivity index (χ4v) is 1.13. The van der Waals surface area contributed by atoms with E-state index in [0.717, 1.165) is 7.11 Å². The molecule has 0 bridgehead atoms. The first-order valence-electron chi connectivity index (χ1n) is 4.68. The minimum atomic E-state index is -0.786. The van der Waals surface area contributed by atoms with Gasteiger partial charge in [0.15, 0.2) is 0 Å². The largest absolute Gasteiger partial charge is 0.466 e. The van der Waals surface area contributed by atoms with Crippen LogP contribution in [0.1, 0.15) is 5.56 Å². The summed E-state index contributed by atoms with van der Waals surface area (Å²) in [5.74, 6) is -0.786. The second-order valence-electron chi connectivity index (χ2n) is 3.06. The predicted molar refractivity (Wildman–Crippen MR) is 62.2 cm³/mol.